The Balaban J connectivity index is 2.72. The van der Waals surface area contributed by atoms with Gasteiger partial charge in [0.15, 0.2) is 0 Å². The Morgan fingerprint density at radius 1 is 1.00 bits per heavy atom. The Morgan fingerprint density at radius 3 is 1.93 bits per heavy atom. The molecule has 0 spiro atoms. The van der Waals surface area contributed by atoms with Crippen molar-refractivity contribution < 1.29 is 0 Å². The Labute approximate surface area is 87.5 Å². The van der Waals surface area contributed by atoms with Crippen molar-refractivity contribution in [3.8, 4) is 0 Å². The molecule has 1 aromatic rings. The molecule has 0 aliphatic heterocycles. The molecule has 78 valence electrons. The highest BCUT2D eigenvalue weighted by molar-refractivity contribution is 5.26. The summed E-state index contributed by atoms with van der Waals surface area (Å²) in [6.07, 6.45) is 0. The second-order valence-corrected chi connectivity index (χ2v) is 4.28. The summed E-state index contributed by atoms with van der Waals surface area (Å²) >= 11 is 0. The van der Waals surface area contributed by atoms with Crippen molar-refractivity contribution in [1.82, 2.24) is 5.32 Å². The Hall–Kier alpha value is -0.820. The highest BCUT2D eigenvalue weighted by Gasteiger charge is 2.04. The lowest BCUT2D eigenvalue weighted by molar-refractivity contribution is 0.677. The zero-order valence-corrected chi connectivity index (χ0v) is 9.67. The lowest BCUT2D eigenvalue weighted by Crippen LogP contribution is -2.14. The van der Waals surface area contributed by atoms with Crippen LogP contribution in [0, 0.1) is 0 Å². The molecular formula is C13H21N. The molecule has 14 heavy (non-hydrogen) atoms. The molecular weight excluding hydrogens is 170 g/mol. The fourth-order valence-electron chi connectivity index (χ4n) is 1.63. The molecule has 0 bridgehead atoms. The van der Waals surface area contributed by atoms with Gasteiger partial charge in [-0.3, -0.25) is 0 Å². The van der Waals surface area contributed by atoms with Gasteiger partial charge in [-0.15, -0.1) is 0 Å². The molecule has 1 heteroatoms. The van der Waals surface area contributed by atoms with Gasteiger partial charge in [-0.2, -0.15) is 0 Å². The summed E-state index contributed by atoms with van der Waals surface area (Å²) in [5.74, 6) is 1.23. The van der Waals surface area contributed by atoms with Crippen LogP contribution in [-0.2, 0) is 0 Å². The zero-order chi connectivity index (χ0) is 10.6. The molecule has 1 rings (SSSR count). The first-order chi connectivity index (χ1) is 6.65. The SMILES string of the molecule is CNCC(C)c1ccc(C(C)C)cc1. The molecule has 0 saturated carbocycles. The molecule has 1 nitrogen and oxygen atoms in total. The number of hydrogen-bond acceptors (Lipinski definition) is 1. The lowest BCUT2D eigenvalue weighted by Gasteiger charge is -2.12. The van der Waals surface area contributed by atoms with Crippen LogP contribution in [0.2, 0.25) is 0 Å². The second kappa shape index (κ2) is 5.16. The zero-order valence-electron chi connectivity index (χ0n) is 9.67. The van der Waals surface area contributed by atoms with Gasteiger partial charge in [-0.25, -0.2) is 0 Å². The van der Waals surface area contributed by atoms with Gasteiger partial charge in [-0.05, 0) is 30.0 Å². The summed E-state index contributed by atoms with van der Waals surface area (Å²) in [6.45, 7) is 7.75. The van der Waals surface area contributed by atoms with Crippen LogP contribution in [0.25, 0.3) is 0 Å². The Bertz CT molecular complexity index is 261. The van der Waals surface area contributed by atoms with Gasteiger partial charge in [0, 0.05) is 6.54 Å². The quantitative estimate of drug-likeness (QED) is 0.771. The molecule has 0 heterocycles. The second-order valence-electron chi connectivity index (χ2n) is 4.28. The third kappa shape index (κ3) is 2.85. The fourth-order valence-corrected chi connectivity index (χ4v) is 1.63. The van der Waals surface area contributed by atoms with Crippen molar-refractivity contribution in [2.24, 2.45) is 0 Å². The number of hydrogen-bond donors (Lipinski definition) is 1. The van der Waals surface area contributed by atoms with E-state index < -0.39 is 0 Å². The van der Waals surface area contributed by atoms with Crippen LogP contribution < -0.4 is 5.32 Å². The van der Waals surface area contributed by atoms with Gasteiger partial charge in [0.05, 0.1) is 0 Å². The van der Waals surface area contributed by atoms with Crippen molar-refractivity contribution in [1.29, 1.82) is 0 Å². The molecule has 0 radical (unpaired) electrons. The minimum atomic E-state index is 0.598. The van der Waals surface area contributed by atoms with Crippen molar-refractivity contribution in [2.45, 2.75) is 32.6 Å². The van der Waals surface area contributed by atoms with Crippen molar-refractivity contribution in [3.63, 3.8) is 0 Å². The van der Waals surface area contributed by atoms with Gasteiger partial charge in [0.25, 0.3) is 0 Å². The summed E-state index contributed by atoms with van der Waals surface area (Å²) in [4.78, 5) is 0. The molecule has 1 N–H and O–H groups in total. The third-order valence-corrected chi connectivity index (χ3v) is 2.68. The molecule has 1 aromatic carbocycles. The molecule has 0 aliphatic carbocycles. The first-order valence-corrected chi connectivity index (χ1v) is 5.39. The largest absolute Gasteiger partial charge is 0.319 e. The summed E-state index contributed by atoms with van der Waals surface area (Å²) < 4.78 is 0. The van der Waals surface area contributed by atoms with E-state index in [-0.39, 0.29) is 0 Å². The standard InChI is InChI=1S/C13H21N/c1-10(2)12-5-7-13(8-6-12)11(3)9-14-4/h5-8,10-11,14H,9H2,1-4H3. The predicted molar refractivity (Wildman–Crippen MR) is 62.9 cm³/mol. The maximum Gasteiger partial charge on any atom is 0.00144 e. The summed E-state index contributed by atoms with van der Waals surface area (Å²) in [6, 6.07) is 8.98. The third-order valence-electron chi connectivity index (χ3n) is 2.68. The van der Waals surface area contributed by atoms with E-state index in [4.69, 9.17) is 0 Å². The Morgan fingerprint density at radius 2 is 1.50 bits per heavy atom. The molecule has 0 aliphatic rings. The average Bonchev–Trinajstić information content (AvgIpc) is 2.18. The van der Waals surface area contributed by atoms with Gasteiger partial charge < -0.3 is 5.32 Å². The highest BCUT2D eigenvalue weighted by Crippen LogP contribution is 2.19. The molecule has 0 aromatic heterocycles. The van der Waals surface area contributed by atoms with Crippen LogP contribution >= 0.6 is 0 Å². The van der Waals surface area contributed by atoms with Crippen molar-refractivity contribution in [3.05, 3.63) is 35.4 Å². The van der Waals surface area contributed by atoms with E-state index >= 15 is 0 Å². The first-order valence-electron chi connectivity index (χ1n) is 5.39. The number of nitrogens with one attached hydrogen (secondary N) is 1. The fraction of sp³-hybridized carbons (Fsp3) is 0.538. The van der Waals surface area contributed by atoms with Crippen molar-refractivity contribution in [2.75, 3.05) is 13.6 Å². The van der Waals surface area contributed by atoms with Crippen LogP contribution in [0.3, 0.4) is 0 Å². The molecule has 1 atom stereocenters. The molecule has 0 saturated heterocycles. The van der Waals surface area contributed by atoms with Crippen LogP contribution in [-0.4, -0.2) is 13.6 Å². The number of benzene rings is 1. The minimum Gasteiger partial charge on any atom is -0.319 e. The van der Waals surface area contributed by atoms with Gasteiger partial charge >= 0.3 is 0 Å². The number of likely N-dealkylation sites (N-methyl/N-ethyl adjacent to an activating group) is 1. The predicted octanol–water partition coefficient (Wildman–Crippen LogP) is 3.13. The summed E-state index contributed by atoms with van der Waals surface area (Å²) in [5, 5.41) is 3.20. The minimum absolute atomic E-state index is 0.598. The molecule has 0 amide bonds. The van der Waals surface area contributed by atoms with Gasteiger partial charge in [-0.1, -0.05) is 45.0 Å². The van der Waals surface area contributed by atoms with Crippen LogP contribution in [0.15, 0.2) is 24.3 Å². The van der Waals surface area contributed by atoms with Crippen LogP contribution in [0.4, 0.5) is 0 Å². The van der Waals surface area contributed by atoms with E-state index in [1.807, 2.05) is 7.05 Å². The normalized spacial score (nSPS) is 13.2. The van der Waals surface area contributed by atoms with Gasteiger partial charge in [0.2, 0.25) is 0 Å². The van der Waals surface area contributed by atoms with E-state index in [1.165, 1.54) is 11.1 Å². The summed E-state index contributed by atoms with van der Waals surface area (Å²) in [5.41, 5.74) is 2.84. The van der Waals surface area contributed by atoms with Gasteiger partial charge in [0.1, 0.15) is 0 Å². The maximum absolute atomic E-state index is 3.20. The lowest BCUT2D eigenvalue weighted by atomic mass is 9.96. The highest BCUT2D eigenvalue weighted by atomic mass is 14.8. The molecule has 0 fully saturated rings. The smallest absolute Gasteiger partial charge is 0.00144 e. The van der Waals surface area contributed by atoms with E-state index in [2.05, 4.69) is 50.4 Å². The molecule has 1 unspecified atom stereocenters. The first kappa shape index (κ1) is 11.3. The van der Waals surface area contributed by atoms with E-state index in [1.54, 1.807) is 0 Å². The van der Waals surface area contributed by atoms with Crippen molar-refractivity contribution >= 4 is 0 Å². The topological polar surface area (TPSA) is 12.0 Å². The van der Waals surface area contributed by atoms with E-state index in [0.717, 1.165) is 6.54 Å². The maximum atomic E-state index is 3.20. The monoisotopic (exact) mass is 191 g/mol. The Kier molecular flexibility index (Phi) is 4.15. The summed E-state index contributed by atoms with van der Waals surface area (Å²) in [7, 11) is 2.00. The number of rotatable bonds is 4. The van der Waals surface area contributed by atoms with E-state index in [9.17, 15) is 0 Å². The van der Waals surface area contributed by atoms with E-state index in [0.29, 0.717) is 11.8 Å². The average molecular weight is 191 g/mol. The van der Waals surface area contributed by atoms with Crippen LogP contribution in [0.1, 0.15) is 43.7 Å². The van der Waals surface area contributed by atoms with Crippen LogP contribution in [0.5, 0.6) is 0 Å².